The van der Waals surface area contributed by atoms with Crippen molar-refractivity contribution in [3.05, 3.63) is 39.6 Å². The van der Waals surface area contributed by atoms with Crippen LogP contribution < -0.4 is 5.56 Å². The van der Waals surface area contributed by atoms with Crippen molar-refractivity contribution in [2.75, 3.05) is 0 Å². The zero-order valence-corrected chi connectivity index (χ0v) is 10.9. The summed E-state index contributed by atoms with van der Waals surface area (Å²) in [5.41, 5.74) is 1.39. The Kier molecular flexibility index (Phi) is 4.88. The predicted molar refractivity (Wildman–Crippen MR) is 73.0 cm³/mol. The first-order valence-electron chi connectivity index (χ1n) is 6.16. The summed E-state index contributed by atoms with van der Waals surface area (Å²) >= 11 is 0. The molecule has 0 saturated heterocycles. The Hall–Kier alpha value is -1.64. The van der Waals surface area contributed by atoms with E-state index in [1.807, 2.05) is 52.0 Å². The molecule has 1 aliphatic carbocycles. The first-order valence-corrected chi connectivity index (χ1v) is 6.16. The standard InChI is InChI=1S/C12H14N2O.C2H6/c1-8(2)11-13-10-7-5-3-4-6-9(10)12(15)14-11;1-2/h4-8H,3H2,1-2H3,(H,13,14,15);1-2H3. The molecule has 2 rings (SSSR count). The van der Waals surface area contributed by atoms with Gasteiger partial charge in [0, 0.05) is 5.92 Å². The number of aromatic nitrogens is 2. The highest BCUT2D eigenvalue weighted by atomic mass is 16.1. The molecule has 0 aliphatic heterocycles. The molecule has 1 N–H and O–H groups in total. The van der Waals surface area contributed by atoms with Crippen LogP contribution in [0.15, 0.2) is 16.9 Å². The number of nitrogens with one attached hydrogen (secondary N) is 1. The third-order valence-electron chi connectivity index (χ3n) is 2.38. The van der Waals surface area contributed by atoms with E-state index < -0.39 is 0 Å². The van der Waals surface area contributed by atoms with Crippen LogP contribution in [0.1, 0.15) is 57.1 Å². The molecule has 0 aromatic carbocycles. The summed E-state index contributed by atoms with van der Waals surface area (Å²) in [5, 5.41) is 0. The van der Waals surface area contributed by atoms with Crippen molar-refractivity contribution >= 4 is 12.2 Å². The molecule has 0 bridgehead atoms. The topological polar surface area (TPSA) is 45.8 Å². The first-order chi connectivity index (χ1) is 8.18. The van der Waals surface area contributed by atoms with Gasteiger partial charge in [0.15, 0.2) is 0 Å². The average molecular weight is 232 g/mol. The second kappa shape index (κ2) is 6.18. The van der Waals surface area contributed by atoms with E-state index in [1.54, 1.807) is 0 Å². The number of hydrogen-bond acceptors (Lipinski definition) is 2. The van der Waals surface area contributed by atoms with Gasteiger partial charge in [-0.05, 0) is 12.5 Å². The van der Waals surface area contributed by atoms with Gasteiger partial charge < -0.3 is 4.98 Å². The molecule has 0 atom stereocenters. The molecule has 1 aromatic heterocycles. The maximum atomic E-state index is 11.8. The third kappa shape index (κ3) is 3.16. The quantitative estimate of drug-likeness (QED) is 0.807. The molecule has 0 fully saturated rings. The average Bonchev–Trinajstić information content (AvgIpc) is 2.57. The summed E-state index contributed by atoms with van der Waals surface area (Å²) in [6, 6.07) is 0. The van der Waals surface area contributed by atoms with Gasteiger partial charge in [-0.1, -0.05) is 45.9 Å². The summed E-state index contributed by atoms with van der Waals surface area (Å²) in [5.74, 6) is 0.988. The molecule has 1 aliphatic rings. The molecule has 1 aromatic rings. The maximum Gasteiger partial charge on any atom is 0.258 e. The third-order valence-corrected chi connectivity index (χ3v) is 2.38. The summed E-state index contributed by atoms with van der Waals surface area (Å²) in [6.07, 6.45) is 8.59. The molecule has 0 spiro atoms. The highest BCUT2D eigenvalue weighted by Crippen LogP contribution is 2.14. The van der Waals surface area contributed by atoms with Crippen LogP contribution in [0, 0.1) is 0 Å². The molecule has 0 unspecified atom stereocenters. The number of fused-ring (bicyclic) bond motifs is 1. The van der Waals surface area contributed by atoms with Gasteiger partial charge in [0.1, 0.15) is 5.82 Å². The van der Waals surface area contributed by atoms with E-state index in [-0.39, 0.29) is 11.5 Å². The van der Waals surface area contributed by atoms with Gasteiger partial charge in [-0.2, -0.15) is 0 Å². The van der Waals surface area contributed by atoms with Gasteiger partial charge >= 0.3 is 0 Å². The molecule has 0 saturated carbocycles. The Morgan fingerprint density at radius 2 is 1.88 bits per heavy atom. The van der Waals surface area contributed by atoms with E-state index in [9.17, 15) is 4.79 Å². The number of H-pyrrole nitrogens is 1. The van der Waals surface area contributed by atoms with Crippen LogP contribution in [-0.2, 0) is 0 Å². The second-order valence-electron chi connectivity index (χ2n) is 3.95. The van der Waals surface area contributed by atoms with Crippen molar-refractivity contribution in [2.45, 2.75) is 40.0 Å². The largest absolute Gasteiger partial charge is 0.310 e. The number of nitrogens with zero attached hydrogens (tertiary/aromatic N) is 1. The molecule has 1 heterocycles. The smallest absolute Gasteiger partial charge is 0.258 e. The van der Waals surface area contributed by atoms with Gasteiger partial charge in [0.25, 0.3) is 5.56 Å². The lowest BCUT2D eigenvalue weighted by Crippen LogP contribution is -2.17. The van der Waals surface area contributed by atoms with E-state index in [1.165, 1.54) is 0 Å². The van der Waals surface area contributed by atoms with Gasteiger partial charge in [-0.25, -0.2) is 4.98 Å². The molecule has 3 nitrogen and oxygen atoms in total. The molecular formula is C14H20N2O. The fourth-order valence-electron chi connectivity index (χ4n) is 1.52. The van der Waals surface area contributed by atoms with Crippen LogP contribution in [0.2, 0.25) is 0 Å². The lowest BCUT2D eigenvalue weighted by atomic mass is 10.1. The summed E-state index contributed by atoms with van der Waals surface area (Å²) < 4.78 is 0. The first kappa shape index (κ1) is 13.4. The van der Waals surface area contributed by atoms with Gasteiger partial charge in [-0.15, -0.1) is 0 Å². The molecule has 17 heavy (non-hydrogen) atoms. The SMILES string of the molecule is CC.CC(C)c1nc2c(c(=O)[nH]1)C=CCC=C2. The Labute approximate surface area is 102 Å². The lowest BCUT2D eigenvalue weighted by molar-refractivity contribution is 0.763. The molecule has 3 heteroatoms. The van der Waals surface area contributed by atoms with Crippen molar-refractivity contribution in [1.29, 1.82) is 0 Å². The molecule has 92 valence electrons. The van der Waals surface area contributed by atoms with Crippen LogP contribution in [0.5, 0.6) is 0 Å². The van der Waals surface area contributed by atoms with Crippen LogP contribution in [0.3, 0.4) is 0 Å². The minimum Gasteiger partial charge on any atom is -0.310 e. The molecule has 0 radical (unpaired) electrons. The van der Waals surface area contributed by atoms with Crippen LogP contribution in [0.25, 0.3) is 12.2 Å². The fraction of sp³-hybridized carbons (Fsp3) is 0.429. The monoisotopic (exact) mass is 232 g/mol. The number of aromatic amines is 1. The van der Waals surface area contributed by atoms with Crippen LogP contribution >= 0.6 is 0 Å². The highest BCUT2D eigenvalue weighted by molar-refractivity contribution is 5.63. The van der Waals surface area contributed by atoms with E-state index in [4.69, 9.17) is 0 Å². The zero-order valence-electron chi connectivity index (χ0n) is 10.9. The Balaban J connectivity index is 0.000000686. The van der Waals surface area contributed by atoms with Crippen LogP contribution in [-0.4, -0.2) is 9.97 Å². The molecular weight excluding hydrogens is 212 g/mol. The Morgan fingerprint density at radius 3 is 2.53 bits per heavy atom. The maximum absolute atomic E-state index is 11.8. The van der Waals surface area contributed by atoms with Crippen molar-refractivity contribution in [3.63, 3.8) is 0 Å². The molecule has 0 amide bonds. The zero-order chi connectivity index (χ0) is 12.8. The predicted octanol–water partition coefficient (Wildman–Crippen LogP) is 3.35. The Morgan fingerprint density at radius 1 is 1.24 bits per heavy atom. The highest BCUT2D eigenvalue weighted by Gasteiger charge is 2.09. The Bertz CT molecular complexity index is 481. The van der Waals surface area contributed by atoms with Crippen LogP contribution in [0.4, 0.5) is 0 Å². The van der Waals surface area contributed by atoms with Crippen molar-refractivity contribution < 1.29 is 0 Å². The number of hydrogen-bond donors (Lipinski definition) is 1. The van der Waals surface area contributed by atoms with E-state index in [2.05, 4.69) is 9.97 Å². The lowest BCUT2D eigenvalue weighted by Gasteiger charge is -2.06. The summed E-state index contributed by atoms with van der Waals surface area (Å²) in [4.78, 5) is 19.0. The van der Waals surface area contributed by atoms with Crippen molar-refractivity contribution in [3.8, 4) is 0 Å². The minimum absolute atomic E-state index is 0.0495. The van der Waals surface area contributed by atoms with Crippen molar-refractivity contribution in [1.82, 2.24) is 9.97 Å². The number of allylic oxidation sites excluding steroid dienone is 2. The summed E-state index contributed by atoms with van der Waals surface area (Å²) in [7, 11) is 0. The van der Waals surface area contributed by atoms with Gasteiger partial charge in [0.05, 0.1) is 11.3 Å². The minimum atomic E-state index is -0.0495. The number of rotatable bonds is 1. The van der Waals surface area contributed by atoms with E-state index in [0.717, 1.165) is 17.9 Å². The van der Waals surface area contributed by atoms with Crippen molar-refractivity contribution in [2.24, 2.45) is 0 Å². The van der Waals surface area contributed by atoms with Gasteiger partial charge in [0.2, 0.25) is 0 Å². The van der Waals surface area contributed by atoms with E-state index >= 15 is 0 Å². The van der Waals surface area contributed by atoms with Gasteiger partial charge in [-0.3, -0.25) is 4.79 Å². The normalized spacial score (nSPS) is 12.8. The fourth-order valence-corrected chi connectivity index (χ4v) is 1.52. The van der Waals surface area contributed by atoms with E-state index in [0.29, 0.717) is 5.56 Å². The summed E-state index contributed by atoms with van der Waals surface area (Å²) in [6.45, 7) is 8.03. The second-order valence-corrected chi connectivity index (χ2v) is 3.95.